The number of aryl methyl sites for hydroxylation is 1. The summed E-state index contributed by atoms with van der Waals surface area (Å²) in [5.74, 6) is -0.763. The maximum Gasteiger partial charge on any atom is 0.307 e. The van der Waals surface area contributed by atoms with Crippen LogP contribution in [0.15, 0.2) is 6.07 Å². The summed E-state index contributed by atoms with van der Waals surface area (Å²) in [6.07, 6.45) is 0.736. The monoisotopic (exact) mass is 166 g/mol. The number of aromatic nitrogens is 2. The number of nitrogens with zero attached hydrogens (tertiary/aromatic N) is 1. The van der Waals surface area contributed by atoms with Crippen molar-refractivity contribution in [2.75, 3.05) is 0 Å². The first-order chi connectivity index (χ1) is 5.68. The minimum atomic E-state index is -0.708. The number of aromatic amines is 1. The van der Waals surface area contributed by atoms with Crippen molar-refractivity contribution in [1.82, 2.24) is 10.2 Å². The van der Waals surface area contributed by atoms with Crippen molar-refractivity contribution < 1.29 is 9.90 Å². The molecule has 4 nitrogen and oxygen atoms in total. The van der Waals surface area contributed by atoms with E-state index >= 15 is 0 Å². The SMILES string of the molecule is Cc1cc([C@@H]2C[C@H]2C(=O)O)n[nH]1. The Balaban J connectivity index is 2.10. The van der Waals surface area contributed by atoms with Gasteiger partial charge in [0.2, 0.25) is 0 Å². The van der Waals surface area contributed by atoms with Crippen molar-refractivity contribution in [3.63, 3.8) is 0 Å². The molecule has 0 amide bonds. The molecule has 1 aromatic heterocycles. The second-order valence-electron chi connectivity index (χ2n) is 3.26. The van der Waals surface area contributed by atoms with Gasteiger partial charge in [0.1, 0.15) is 0 Å². The maximum absolute atomic E-state index is 10.5. The molecule has 4 heteroatoms. The van der Waals surface area contributed by atoms with Gasteiger partial charge in [-0.05, 0) is 19.4 Å². The maximum atomic E-state index is 10.5. The zero-order chi connectivity index (χ0) is 8.72. The van der Waals surface area contributed by atoms with E-state index in [0.717, 1.165) is 17.8 Å². The van der Waals surface area contributed by atoms with E-state index in [4.69, 9.17) is 5.11 Å². The van der Waals surface area contributed by atoms with Crippen LogP contribution in [0.4, 0.5) is 0 Å². The highest BCUT2D eigenvalue weighted by Gasteiger charge is 2.45. The third kappa shape index (κ3) is 1.09. The van der Waals surface area contributed by atoms with Gasteiger partial charge in [0, 0.05) is 11.6 Å². The van der Waals surface area contributed by atoms with Crippen LogP contribution in [0, 0.1) is 12.8 Å². The van der Waals surface area contributed by atoms with E-state index in [1.54, 1.807) is 0 Å². The fourth-order valence-electron chi connectivity index (χ4n) is 1.42. The van der Waals surface area contributed by atoms with Gasteiger partial charge in [-0.2, -0.15) is 5.10 Å². The summed E-state index contributed by atoms with van der Waals surface area (Å²) >= 11 is 0. The molecule has 0 bridgehead atoms. The van der Waals surface area contributed by atoms with Crippen molar-refractivity contribution >= 4 is 5.97 Å². The average Bonchev–Trinajstić information content (AvgIpc) is 2.70. The number of aliphatic carboxylic acids is 1. The van der Waals surface area contributed by atoms with Gasteiger partial charge >= 0.3 is 5.97 Å². The molecule has 1 saturated carbocycles. The van der Waals surface area contributed by atoms with Crippen molar-refractivity contribution in [2.45, 2.75) is 19.3 Å². The number of H-pyrrole nitrogens is 1. The number of hydrogen-bond donors (Lipinski definition) is 2. The van der Waals surface area contributed by atoms with Crippen molar-refractivity contribution in [3.05, 3.63) is 17.5 Å². The van der Waals surface area contributed by atoms with Crippen LogP contribution >= 0.6 is 0 Å². The fourth-order valence-corrected chi connectivity index (χ4v) is 1.42. The van der Waals surface area contributed by atoms with Gasteiger partial charge in [-0.15, -0.1) is 0 Å². The standard InChI is InChI=1S/C8H10N2O2/c1-4-2-7(10-9-4)5-3-6(5)8(11)12/h2,5-6H,3H2,1H3,(H,9,10)(H,11,12)/t5-,6-/m1/s1. The Morgan fingerprint density at radius 1 is 1.83 bits per heavy atom. The molecule has 0 spiro atoms. The van der Waals surface area contributed by atoms with Crippen LogP contribution in [-0.4, -0.2) is 21.3 Å². The third-order valence-electron chi connectivity index (χ3n) is 2.21. The molecule has 12 heavy (non-hydrogen) atoms. The summed E-state index contributed by atoms with van der Waals surface area (Å²) in [6, 6.07) is 1.91. The molecule has 0 saturated heterocycles. The molecule has 0 aromatic carbocycles. The number of carboxylic acids is 1. The Hall–Kier alpha value is -1.32. The molecule has 0 aliphatic heterocycles. The van der Waals surface area contributed by atoms with Crippen LogP contribution in [0.2, 0.25) is 0 Å². The van der Waals surface area contributed by atoms with Crippen LogP contribution in [0.5, 0.6) is 0 Å². The van der Waals surface area contributed by atoms with E-state index in [2.05, 4.69) is 10.2 Å². The third-order valence-corrected chi connectivity index (χ3v) is 2.21. The summed E-state index contributed by atoms with van der Waals surface area (Å²) in [5, 5.41) is 15.5. The highest BCUT2D eigenvalue weighted by atomic mass is 16.4. The topological polar surface area (TPSA) is 66.0 Å². The lowest BCUT2D eigenvalue weighted by Gasteiger charge is -1.87. The summed E-state index contributed by atoms with van der Waals surface area (Å²) in [5.41, 5.74) is 1.88. The lowest BCUT2D eigenvalue weighted by atomic mass is 10.2. The Labute approximate surface area is 69.6 Å². The second-order valence-corrected chi connectivity index (χ2v) is 3.26. The Morgan fingerprint density at radius 2 is 2.58 bits per heavy atom. The summed E-state index contributed by atoms with van der Waals surface area (Å²) in [4.78, 5) is 10.5. The first-order valence-corrected chi connectivity index (χ1v) is 3.93. The molecule has 1 aliphatic carbocycles. The first-order valence-electron chi connectivity index (χ1n) is 3.93. The predicted molar refractivity (Wildman–Crippen MR) is 41.8 cm³/mol. The molecule has 1 heterocycles. The minimum Gasteiger partial charge on any atom is -0.481 e. The van der Waals surface area contributed by atoms with E-state index < -0.39 is 5.97 Å². The molecule has 64 valence electrons. The largest absolute Gasteiger partial charge is 0.481 e. The van der Waals surface area contributed by atoms with Gasteiger partial charge in [-0.3, -0.25) is 9.89 Å². The average molecular weight is 166 g/mol. The highest BCUT2D eigenvalue weighted by Crippen LogP contribution is 2.46. The van der Waals surface area contributed by atoms with Gasteiger partial charge in [0.05, 0.1) is 11.6 Å². The Morgan fingerprint density at radius 3 is 3.00 bits per heavy atom. The molecule has 1 aromatic rings. The van der Waals surface area contributed by atoms with Gasteiger partial charge in [0.15, 0.2) is 0 Å². The van der Waals surface area contributed by atoms with E-state index in [1.165, 1.54) is 0 Å². The van der Waals surface area contributed by atoms with Gasteiger partial charge in [-0.1, -0.05) is 0 Å². The minimum absolute atomic E-state index is 0.146. The van der Waals surface area contributed by atoms with Gasteiger partial charge in [0.25, 0.3) is 0 Å². The van der Waals surface area contributed by atoms with E-state index in [1.807, 2.05) is 13.0 Å². The summed E-state index contributed by atoms with van der Waals surface area (Å²) in [7, 11) is 0. The normalized spacial score (nSPS) is 27.1. The van der Waals surface area contributed by atoms with E-state index in [0.29, 0.717) is 0 Å². The molecular weight excluding hydrogens is 156 g/mol. The number of carbonyl (C=O) groups is 1. The first kappa shape index (κ1) is 7.34. The zero-order valence-corrected chi connectivity index (χ0v) is 6.74. The predicted octanol–water partition coefficient (Wildman–Crippen LogP) is 0.906. The van der Waals surface area contributed by atoms with Crippen molar-refractivity contribution in [3.8, 4) is 0 Å². The van der Waals surface area contributed by atoms with E-state index in [9.17, 15) is 4.79 Å². The summed E-state index contributed by atoms with van der Waals surface area (Å²) < 4.78 is 0. The number of hydrogen-bond acceptors (Lipinski definition) is 2. The molecule has 1 aliphatic rings. The molecule has 0 radical (unpaired) electrons. The van der Waals surface area contributed by atoms with Crippen molar-refractivity contribution in [1.29, 1.82) is 0 Å². The molecule has 2 rings (SSSR count). The highest BCUT2D eigenvalue weighted by molar-refractivity contribution is 5.75. The molecule has 2 atom stereocenters. The lowest BCUT2D eigenvalue weighted by molar-refractivity contribution is -0.138. The molecule has 1 fully saturated rings. The number of rotatable bonds is 2. The smallest absolute Gasteiger partial charge is 0.307 e. The van der Waals surface area contributed by atoms with Crippen LogP contribution in [0.25, 0.3) is 0 Å². The molecule has 0 unspecified atom stereocenters. The Kier molecular flexibility index (Phi) is 1.43. The van der Waals surface area contributed by atoms with Crippen LogP contribution in [0.3, 0.4) is 0 Å². The molecular formula is C8H10N2O2. The molecule has 2 N–H and O–H groups in total. The van der Waals surface area contributed by atoms with Crippen LogP contribution < -0.4 is 0 Å². The van der Waals surface area contributed by atoms with Crippen LogP contribution in [-0.2, 0) is 4.79 Å². The van der Waals surface area contributed by atoms with Gasteiger partial charge < -0.3 is 5.11 Å². The van der Waals surface area contributed by atoms with Gasteiger partial charge in [-0.25, -0.2) is 0 Å². The Bertz CT molecular complexity index is 319. The van der Waals surface area contributed by atoms with Crippen molar-refractivity contribution in [2.24, 2.45) is 5.92 Å². The number of nitrogens with one attached hydrogen (secondary N) is 1. The second kappa shape index (κ2) is 2.33. The number of carboxylic acid groups (broad SMARTS) is 1. The lowest BCUT2D eigenvalue weighted by Crippen LogP contribution is -1.98. The van der Waals surface area contributed by atoms with Crippen LogP contribution in [0.1, 0.15) is 23.7 Å². The van der Waals surface area contributed by atoms with E-state index in [-0.39, 0.29) is 11.8 Å². The zero-order valence-electron chi connectivity index (χ0n) is 6.74. The quantitative estimate of drug-likeness (QED) is 0.686. The fraction of sp³-hybridized carbons (Fsp3) is 0.500. The summed E-state index contributed by atoms with van der Waals surface area (Å²) in [6.45, 7) is 1.91.